The lowest BCUT2D eigenvalue weighted by atomic mass is 10.1. The fraction of sp³-hybridized carbons (Fsp3) is 0.417. The Hall–Kier alpha value is -2.95. The molecule has 2 aromatic carbocycles. The maximum atomic E-state index is 13.2. The predicted octanol–water partition coefficient (Wildman–Crippen LogP) is 1.89. The van der Waals surface area contributed by atoms with Crippen molar-refractivity contribution in [3.63, 3.8) is 0 Å². The van der Waals surface area contributed by atoms with Gasteiger partial charge >= 0.3 is 0 Å². The van der Waals surface area contributed by atoms with Gasteiger partial charge in [-0.2, -0.15) is 4.31 Å². The van der Waals surface area contributed by atoms with Crippen LogP contribution in [0.1, 0.15) is 18.4 Å². The molecule has 4 rings (SSSR count). The molecule has 0 radical (unpaired) electrons. The van der Waals surface area contributed by atoms with Gasteiger partial charge in [0.25, 0.3) is 0 Å². The Balaban J connectivity index is 1.50. The molecule has 0 aliphatic carbocycles. The Morgan fingerprint density at radius 2 is 1.82 bits per heavy atom. The van der Waals surface area contributed by atoms with Crippen LogP contribution in [0, 0.1) is 0 Å². The topological polar surface area (TPSA) is 105 Å². The van der Waals surface area contributed by atoms with Crippen LogP contribution in [-0.2, 0) is 30.8 Å². The molecule has 0 saturated carbocycles. The predicted molar refractivity (Wildman–Crippen MR) is 126 cm³/mol. The molecule has 2 heterocycles. The number of ether oxygens (including phenoxy) is 2. The van der Waals surface area contributed by atoms with Crippen molar-refractivity contribution in [2.24, 2.45) is 0 Å². The van der Waals surface area contributed by atoms with E-state index < -0.39 is 16.1 Å². The summed E-state index contributed by atoms with van der Waals surface area (Å²) in [5.41, 5.74) is 1.23. The van der Waals surface area contributed by atoms with Crippen LogP contribution in [0.4, 0.5) is 5.69 Å². The van der Waals surface area contributed by atoms with Gasteiger partial charge in [0.15, 0.2) is 0 Å². The van der Waals surface area contributed by atoms with Crippen LogP contribution in [0.15, 0.2) is 53.4 Å². The Morgan fingerprint density at radius 3 is 2.53 bits per heavy atom. The molecule has 0 spiro atoms. The molecule has 0 unspecified atom stereocenters. The fourth-order valence-electron chi connectivity index (χ4n) is 4.32. The summed E-state index contributed by atoms with van der Waals surface area (Å²) in [6.07, 6.45) is 1.31. The van der Waals surface area contributed by atoms with E-state index in [0.717, 1.165) is 6.42 Å². The molecular formula is C24H29N3O6S. The van der Waals surface area contributed by atoms with Gasteiger partial charge in [-0.3, -0.25) is 9.59 Å². The molecule has 2 aliphatic rings. The lowest BCUT2D eigenvalue weighted by molar-refractivity contribution is -0.136. The summed E-state index contributed by atoms with van der Waals surface area (Å²) in [5.74, 6) is -0.211. The molecule has 2 saturated heterocycles. The molecule has 2 aliphatic heterocycles. The van der Waals surface area contributed by atoms with Crippen molar-refractivity contribution in [3.8, 4) is 5.75 Å². The second kappa shape index (κ2) is 10.5. The van der Waals surface area contributed by atoms with Gasteiger partial charge in [0, 0.05) is 25.3 Å². The molecule has 2 fully saturated rings. The first-order valence-electron chi connectivity index (χ1n) is 11.3. The van der Waals surface area contributed by atoms with Crippen LogP contribution < -0.4 is 10.1 Å². The zero-order chi connectivity index (χ0) is 24.1. The summed E-state index contributed by atoms with van der Waals surface area (Å²) in [4.78, 5) is 27.6. The third-order valence-corrected chi connectivity index (χ3v) is 8.01. The second-order valence-corrected chi connectivity index (χ2v) is 10.2. The first-order chi connectivity index (χ1) is 16.4. The zero-order valence-corrected chi connectivity index (χ0v) is 19.9. The minimum absolute atomic E-state index is 0.00918. The van der Waals surface area contributed by atoms with Crippen molar-refractivity contribution in [2.45, 2.75) is 30.2 Å². The standard InChI is InChI=1S/C24H29N3O6S/c1-32-21-10-9-18(16-22(21)34(30,31)26-12-14-33-15-13-26)17-23(28)27-11-5-8-20(27)24(29)25-19-6-3-2-4-7-19/h2-4,6-7,9-10,16,20H,5,8,11-15,17H2,1H3,(H,25,29)/t20-/m1/s1. The first-order valence-corrected chi connectivity index (χ1v) is 12.7. The van der Waals surface area contributed by atoms with E-state index in [4.69, 9.17) is 9.47 Å². The van der Waals surface area contributed by atoms with Gasteiger partial charge in [-0.1, -0.05) is 24.3 Å². The summed E-state index contributed by atoms with van der Waals surface area (Å²) in [5, 5.41) is 2.87. The van der Waals surface area contributed by atoms with E-state index >= 15 is 0 Å². The molecule has 0 bridgehead atoms. The maximum Gasteiger partial charge on any atom is 0.247 e. The van der Waals surface area contributed by atoms with Gasteiger partial charge in [0.1, 0.15) is 16.7 Å². The number of nitrogens with one attached hydrogen (secondary N) is 1. The minimum atomic E-state index is -3.80. The number of hydrogen-bond donors (Lipinski definition) is 1. The molecule has 10 heteroatoms. The SMILES string of the molecule is COc1ccc(CC(=O)N2CCC[C@@H]2C(=O)Nc2ccccc2)cc1S(=O)(=O)N1CCOCC1. The van der Waals surface area contributed by atoms with Crippen LogP contribution >= 0.6 is 0 Å². The van der Waals surface area contributed by atoms with E-state index in [9.17, 15) is 18.0 Å². The quantitative estimate of drug-likeness (QED) is 0.640. The normalized spacial score (nSPS) is 19.1. The third-order valence-electron chi connectivity index (χ3n) is 6.09. The summed E-state index contributed by atoms with van der Waals surface area (Å²) in [6.45, 7) is 1.68. The number of carbonyl (C=O) groups excluding carboxylic acids is 2. The molecule has 0 aromatic heterocycles. The highest BCUT2D eigenvalue weighted by atomic mass is 32.2. The van der Waals surface area contributed by atoms with Gasteiger partial charge in [-0.25, -0.2) is 8.42 Å². The van der Waals surface area contributed by atoms with Crippen LogP contribution in [-0.4, -0.2) is 75.4 Å². The Morgan fingerprint density at radius 1 is 1.09 bits per heavy atom. The van der Waals surface area contributed by atoms with E-state index in [0.29, 0.717) is 37.4 Å². The van der Waals surface area contributed by atoms with Gasteiger partial charge in [0.05, 0.1) is 26.7 Å². The van der Waals surface area contributed by atoms with E-state index in [-0.39, 0.29) is 42.0 Å². The number of sulfonamides is 1. The number of nitrogens with zero attached hydrogens (tertiary/aromatic N) is 2. The summed E-state index contributed by atoms with van der Waals surface area (Å²) < 4.78 is 38.4. The van der Waals surface area contributed by atoms with Gasteiger partial charge in [0.2, 0.25) is 21.8 Å². The number of anilines is 1. The van der Waals surface area contributed by atoms with E-state index in [2.05, 4.69) is 5.32 Å². The van der Waals surface area contributed by atoms with Crippen LogP contribution in [0.2, 0.25) is 0 Å². The monoisotopic (exact) mass is 487 g/mol. The average molecular weight is 488 g/mol. The number of carbonyl (C=O) groups is 2. The largest absolute Gasteiger partial charge is 0.495 e. The summed E-state index contributed by atoms with van der Waals surface area (Å²) in [6, 6.07) is 13.3. The highest BCUT2D eigenvalue weighted by Crippen LogP contribution is 2.29. The fourth-order valence-corrected chi connectivity index (χ4v) is 5.93. The first kappa shape index (κ1) is 24.2. The molecule has 1 N–H and O–H groups in total. The number of para-hydroxylation sites is 1. The minimum Gasteiger partial charge on any atom is -0.495 e. The van der Waals surface area contributed by atoms with Crippen molar-refractivity contribution < 1.29 is 27.5 Å². The smallest absolute Gasteiger partial charge is 0.247 e. The maximum absolute atomic E-state index is 13.2. The number of methoxy groups -OCH3 is 1. The van der Waals surface area contributed by atoms with Crippen LogP contribution in [0.5, 0.6) is 5.75 Å². The van der Waals surface area contributed by atoms with Crippen molar-refractivity contribution in [2.75, 3.05) is 45.3 Å². The van der Waals surface area contributed by atoms with Gasteiger partial charge in [-0.05, 0) is 42.7 Å². The Bertz CT molecular complexity index is 1130. The second-order valence-electron chi connectivity index (χ2n) is 8.28. The summed E-state index contributed by atoms with van der Waals surface area (Å²) >= 11 is 0. The van der Waals surface area contributed by atoms with Gasteiger partial charge < -0.3 is 19.7 Å². The number of rotatable bonds is 7. The Labute approximate surface area is 199 Å². The van der Waals surface area contributed by atoms with Crippen molar-refractivity contribution in [1.29, 1.82) is 0 Å². The van der Waals surface area contributed by atoms with Crippen LogP contribution in [0.3, 0.4) is 0 Å². The van der Waals surface area contributed by atoms with Crippen molar-refractivity contribution in [1.82, 2.24) is 9.21 Å². The lowest BCUT2D eigenvalue weighted by Crippen LogP contribution is -2.43. The highest BCUT2D eigenvalue weighted by molar-refractivity contribution is 7.89. The number of hydrogen-bond acceptors (Lipinski definition) is 6. The zero-order valence-electron chi connectivity index (χ0n) is 19.1. The third kappa shape index (κ3) is 5.24. The van der Waals surface area contributed by atoms with Crippen molar-refractivity contribution >= 4 is 27.5 Å². The Kier molecular flexibility index (Phi) is 7.50. The van der Waals surface area contributed by atoms with E-state index in [1.807, 2.05) is 18.2 Å². The van der Waals surface area contributed by atoms with Crippen LogP contribution in [0.25, 0.3) is 0 Å². The average Bonchev–Trinajstić information content (AvgIpc) is 3.36. The molecule has 9 nitrogen and oxygen atoms in total. The number of likely N-dealkylation sites (tertiary alicyclic amines) is 1. The van der Waals surface area contributed by atoms with Crippen molar-refractivity contribution in [3.05, 3.63) is 54.1 Å². The molecular weight excluding hydrogens is 458 g/mol. The molecule has 2 amide bonds. The summed E-state index contributed by atoms with van der Waals surface area (Å²) in [7, 11) is -2.39. The number of morpholine rings is 1. The molecule has 1 atom stereocenters. The molecule has 2 aromatic rings. The number of benzene rings is 2. The lowest BCUT2D eigenvalue weighted by Gasteiger charge is -2.27. The highest BCUT2D eigenvalue weighted by Gasteiger charge is 2.34. The molecule has 34 heavy (non-hydrogen) atoms. The molecule has 182 valence electrons. The number of amides is 2. The van der Waals surface area contributed by atoms with Gasteiger partial charge in [-0.15, -0.1) is 0 Å². The van der Waals surface area contributed by atoms with E-state index in [1.165, 1.54) is 17.5 Å². The van der Waals surface area contributed by atoms with E-state index in [1.54, 1.807) is 29.2 Å².